The van der Waals surface area contributed by atoms with E-state index >= 15 is 0 Å². The van der Waals surface area contributed by atoms with Gasteiger partial charge in [-0.05, 0) is 68.6 Å². The van der Waals surface area contributed by atoms with Crippen molar-refractivity contribution in [3.05, 3.63) is 48.0 Å². The zero-order valence-electron chi connectivity index (χ0n) is 16.0. The van der Waals surface area contributed by atoms with Crippen molar-refractivity contribution in [3.63, 3.8) is 0 Å². The van der Waals surface area contributed by atoms with Crippen LogP contribution in [0, 0.1) is 0 Å². The molecule has 3 N–H and O–H groups in total. The number of benzene rings is 2. The van der Waals surface area contributed by atoms with Gasteiger partial charge in [-0.1, -0.05) is 12.1 Å². The fraction of sp³-hybridized carbons (Fsp3) is 0.318. The maximum atomic E-state index is 5.73. The zero-order chi connectivity index (χ0) is 18.8. The molecule has 0 fully saturated rings. The highest BCUT2D eigenvalue weighted by Gasteiger charge is 2.18. The third-order valence-corrected chi connectivity index (χ3v) is 5.08. The summed E-state index contributed by atoms with van der Waals surface area (Å²) in [5, 5.41) is 1.21. The van der Waals surface area contributed by atoms with Gasteiger partial charge in [0.05, 0.1) is 23.3 Å². The van der Waals surface area contributed by atoms with Crippen LogP contribution in [0.25, 0.3) is 33.5 Å². The third kappa shape index (κ3) is 3.19. The number of fused-ring (bicyclic) bond motifs is 2. The molecule has 0 aliphatic carbocycles. The Morgan fingerprint density at radius 3 is 2.78 bits per heavy atom. The lowest BCUT2D eigenvalue weighted by Gasteiger charge is -2.06. The molecule has 0 unspecified atom stereocenters. The maximum Gasteiger partial charge on any atom is 0.157 e. The molecule has 0 atom stereocenters. The van der Waals surface area contributed by atoms with Gasteiger partial charge in [0.25, 0.3) is 0 Å². The van der Waals surface area contributed by atoms with Gasteiger partial charge in [-0.3, -0.25) is 0 Å². The molecule has 0 bridgehead atoms. The molecule has 2 heterocycles. The molecular weight excluding hydrogens is 336 g/mol. The van der Waals surface area contributed by atoms with Crippen molar-refractivity contribution in [2.75, 3.05) is 13.2 Å². The number of imidazole rings is 1. The molecule has 0 saturated heterocycles. The Hall–Kier alpha value is -2.79. The number of H-pyrrole nitrogens is 1. The monoisotopic (exact) mass is 362 g/mol. The van der Waals surface area contributed by atoms with E-state index < -0.39 is 0 Å². The second-order valence-electron chi connectivity index (χ2n) is 6.85. The van der Waals surface area contributed by atoms with Gasteiger partial charge in [0, 0.05) is 18.0 Å². The normalized spacial score (nSPS) is 11.5. The van der Waals surface area contributed by atoms with Crippen LogP contribution < -0.4 is 10.5 Å². The zero-order valence-corrected chi connectivity index (χ0v) is 16.0. The van der Waals surface area contributed by atoms with Crippen LogP contribution in [-0.4, -0.2) is 27.7 Å². The molecule has 0 amide bonds. The Labute approximate surface area is 159 Å². The molecule has 0 aliphatic heterocycles. The molecule has 5 heteroatoms. The van der Waals surface area contributed by atoms with Crippen LogP contribution in [-0.2, 0) is 13.5 Å². The summed E-state index contributed by atoms with van der Waals surface area (Å²) < 4.78 is 7.89. The summed E-state index contributed by atoms with van der Waals surface area (Å²) in [5.41, 5.74) is 11.4. The number of nitrogens with two attached hydrogens (primary N) is 1. The summed E-state index contributed by atoms with van der Waals surface area (Å²) in [7, 11) is 2.07. The highest BCUT2D eigenvalue weighted by Crippen LogP contribution is 2.34. The van der Waals surface area contributed by atoms with Crippen molar-refractivity contribution < 1.29 is 4.74 Å². The number of ether oxygens (including phenoxy) is 1. The smallest absolute Gasteiger partial charge is 0.157 e. The van der Waals surface area contributed by atoms with Crippen molar-refractivity contribution >= 4 is 21.9 Å². The first kappa shape index (κ1) is 17.6. The Morgan fingerprint density at radius 2 is 2.00 bits per heavy atom. The van der Waals surface area contributed by atoms with Crippen LogP contribution in [0.4, 0.5) is 0 Å². The second-order valence-corrected chi connectivity index (χ2v) is 6.85. The van der Waals surface area contributed by atoms with E-state index in [4.69, 9.17) is 15.5 Å². The van der Waals surface area contributed by atoms with Gasteiger partial charge >= 0.3 is 0 Å². The van der Waals surface area contributed by atoms with Gasteiger partial charge in [0.1, 0.15) is 5.75 Å². The molecule has 5 nitrogen and oxygen atoms in total. The standard InChI is InChI=1S/C22H26N4O/c1-3-27-15-11-12-18-17(14-15)16(8-6-7-13-23)21(24-18)22-25-19-9-4-5-10-20(19)26(22)2/h4-5,9-12,14,24H,3,6-8,13,23H2,1-2H3. The number of unbranched alkanes of at least 4 members (excludes halogenated alkanes) is 1. The predicted octanol–water partition coefficient (Wildman–Crippen LogP) is 4.40. The number of aryl methyl sites for hydroxylation is 2. The minimum absolute atomic E-state index is 0.663. The number of aromatic amines is 1. The average molecular weight is 362 g/mol. The molecule has 4 rings (SSSR count). The number of aromatic nitrogens is 3. The third-order valence-electron chi connectivity index (χ3n) is 5.08. The van der Waals surface area contributed by atoms with Crippen LogP contribution in [0.2, 0.25) is 0 Å². The van der Waals surface area contributed by atoms with Crippen molar-refractivity contribution in [1.29, 1.82) is 0 Å². The fourth-order valence-corrected chi connectivity index (χ4v) is 3.75. The van der Waals surface area contributed by atoms with E-state index in [1.807, 2.05) is 19.1 Å². The summed E-state index contributed by atoms with van der Waals surface area (Å²) in [5.74, 6) is 1.87. The van der Waals surface area contributed by atoms with E-state index in [1.54, 1.807) is 0 Å². The van der Waals surface area contributed by atoms with Crippen molar-refractivity contribution in [2.45, 2.75) is 26.2 Å². The minimum atomic E-state index is 0.663. The lowest BCUT2D eigenvalue weighted by atomic mass is 10.0. The first-order chi connectivity index (χ1) is 13.2. The SMILES string of the molecule is CCOc1ccc2[nH]c(-c3nc4ccccc4n3C)c(CCCCN)c2c1. The van der Waals surface area contributed by atoms with E-state index in [-0.39, 0.29) is 0 Å². The largest absolute Gasteiger partial charge is 0.494 e. The molecule has 4 aromatic rings. The minimum Gasteiger partial charge on any atom is -0.494 e. The number of hydrogen-bond donors (Lipinski definition) is 2. The van der Waals surface area contributed by atoms with Gasteiger partial charge in [0.15, 0.2) is 5.82 Å². The molecule has 2 aromatic heterocycles. The van der Waals surface area contributed by atoms with Crippen LogP contribution in [0.5, 0.6) is 5.75 Å². The quantitative estimate of drug-likeness (QED) is 0.479. The van der Waals surface area contributed by atoms with E-state index in [0.717, 1.165) is 53.1 Å². The van der Waals surface area contributed by atoms with Gasteiger partial charge in [-0.25, -0.2) is 4.98 Å². The maximum absolute atomic E-state index is 5.73. The molecule has 27 heavy (non-hydrogen) atoms. The molecule has 2 aromatic carbocycles. The van der Waals surface area contributed by atoms with Gasteiger partial charge in [-0.15, -0.1) is 0 Å². The number of rotatable bonds is 7. The second kappa shape index (κ2) is 7.45. The van der Waals surface area contributed by atoms with Gasteiger partial charge < -0.3 is 20.0 Å². The van der Waals surface area contributed by atoms with Gasteiger partial charge in [0.2, 0.25) is 0 Å². The summed E-state index contributed by atoms with van der Waals surface area (Å²) in [6, 6.07) is 14.5. The summed E-state index contributed by atoms with van der Waals surface area (Å²) >= 11 is 0. The predicted molar refractivity (Wildman–Crippen MR) is 111 cm³/mol. The first-order valence-electron chi connectivity index (χ1n) is 9.62. The number of nitrogens with zero attached hydrogens (tertiary/aromatic N) is 2. The van der Waals surface area contributed by atoms with Crippen LogP contribution in [0.15, 0.2) is 42.5 Å². The summed E-state index contributed by atoms with van der Waals surface area (Å²) in [6.45, 7) is 3.39. The Bertz CT molecular complexity index is 1080. The molecule has 0 saturated carbocycles. The number of nitrogens with one attached hydrogen (secondary N) is 1. The first-order valence-corrected chi connectivity index (χ1v) is 9.62. The van der Waals surface area contributed by atoms with Crippen molar-refractivity contribution in [3.8, 4) is 17.3 Å². The topological polar surface area (TPSA) is 68.9 Å². The number of para-hydroxylation sites is 2. The van der Waals surface area contributed by atoms with E-state index in [1.165, 1.54) is 10.9 Å². The van der Waals surface area contributed by atoms with E-state index in [2.05, 4.69) is 46.9 Å². The Kier molecular flexibility index (Phi) is 4.86. The van der Waals surface area contributed by atoms with Crippen molar-refractivity contribution in [2.24, 2.45) is 12.8 Å². The fourth-order valence-electron chi connectivity index (χ4n) is 3.75. The summed E-state index contributed by atoms with van der Waals surface area (Å²) in [4.78, 5) is 8.51. The molecule has 140 valence electrons. The van der Waals surface area contributed by atoms with Crippen molar-refractivity contribution in [1.82, 2.24) is 14.5 Å². The van der Waals surface area contributed by atoms with Crippen LogP contribution in [0.3, 0.4) is 0 Å². The lowest BCUT2D eigenvalue weighted by molar-refractivity contribution is 0.340. The average Bonchev–Trinajstić information content (AvgIpc) is 3.20. The number of hydrogen-bond acceptors (Lipinski definition) is 3. The van der Waals surface area contributed by atoms with Crippen LogP contribution >= 0.6 is 0 Å². The van der Waals surface area contributed by atoms with Gasteiger partial charge in [-0.2, -0.15) is 0 Å². The highest BCUT2D eigenvalue weighted by atomic mass is 16.5. The molecule has 0 aliphatic rings. The van der Waals surface area contributed by atoms with Crippen LogP contribution in [0.1, 0.15) is 25.3 Å². The Balaban J connectivity index is 1.89. The lowest BCUT2D eigenvalue weighted by Crippen LogP contribution is -2.00. The van der Waals surface area contributed by atoms with E-state index in [0.29, 0.717) is 13.2 Å². The molecule has 0 radical (unpaired) electrons. The Morgan fingerprint density at radius 1 is 1.15 bits per heavy atom. The molecular formula is C22H26N4O. The van der Waals surface area contributed by atoms with E-state index in [9.17, 15) is 0 Å². The molecule has 0 spiro atoms. The summed E-state index contributed by atoms with van der Waals surface area (Å²) in [6.07, 6.45) is 3.03. The highest BCUT2D eigenvalue weighted by molar-refractivity contribution is 5.92.